The molecule has 1 aromatic rings. The summed E-state index contributed by atoms with van der Waals surface area (Å²) in [5.74, 6) is -1.04. The lowest BCUT2D eigenvalue weighted by Crippen LogP contribution is -2.28. The summed E-state index contributed by atoms with van der Waals surface area (Å²) in [6.07, 6.45) is 0.0122. The number of carbonyl (C=O) groups excluding carboxylic acids is 2. The normalized spacial score (nSPS) is 9.83. The van der Waals surface area contributed by atoms with Gasteiger partial charge in [-0.3, -0.25) is 19.7 Å². The van der Waals surface area contributed by atoms with Gasteiger partial charge in [0, 0.05) is 19.0 Å². The number of nitrogens with two attached hydrogens (primary N) is 1. The van der Waals surface area contributed by atoms with Crippen LogP contribution in [-0.2, 0) is 4.79 Å². The Kier molecular flexibility index (Phi) is 4.78. The van der Waals surface area contributed by atoms with Crippen LogP contribution in [-0.4, -0.2) is 23.3 Å². The van der Waals surface area contributed by atoms with Crippen LogP contribution in [0, 0.1) is 10.1 Å². The molecule has 0 heterocycles. The number of hydrogen-bond donors (Lipinski definition) is 2. The average molecular weight is 316 g/mol. The molecule has 1 rings (SSSR count). The van der Waals surface area contributed by atoms with E-state index in [1.807, 2.05) is 0 Å². The summed E-state index contributed by atoms with van der Waals surface area (Å²) in [7, 11) is 0. The van der Waals surface area contributed by atoms with Crippen LogP contribution >= 0.6 is 15.9 Å². The van der Waals surface area contributed by atoms with E-state index in [0.29, 0.717) is 0 Å². The molecule has 0 unspecified atom stereocenters. The molecule has 0 saturated carbocycles. The van der Waals surface area contributed by atoms with E-state index in [2.05, 4.69) is 21.2 Å². The number of nitro benzene ring substituents is 1. The second kappa shape index (κ2) is 6.10. The molecule has 0 fully saturated rings. The third kappa shape index (κ3) is 3.52. The Morgan fingerprint density at radius 1 is 1.44 bits per heavy atom. The number of benzene rings is 1. The average Bonchev–Trinajstić information content (AvgIpc) is 2.28. The molecule has 0 aliphatic heterocycles. The van der Waals surface area contributed by atoms with E-state index in [9.17, 15) is 19.7 Å². The van der Waals surface area contributed by atoms with Gasteiger partial charge in [0.2, 0.25) is 5.91 Å². The fourth-order valence-corrected chi connectivity index (χ4v) is 1.82. The number of nitro groups is 1. The molecule has 0 atom stereocenters. The van der Waals surface area contributed by atoms with Gasteiger partial charge in [-0.1, -0.05) is 6.07 Å². The molecular formula is C10H10BrN3O4. The number of rotatable bonds is 5. The predicted molar refractivity (Wildman–Crippen MR) is 66.9 cm³/mol. The molecule has 8 heteroatoms. The van der Waals surface area contributed by atoms with Gasteiger partial charge in [-0.05, 0) is 22.0 Å². The van der Waals surface area contributed by atoms with Gasteiger partial charge < -0.3 is 11.1 Å². The highest BCUT2D eigenvalue weighted by Crippen LogP contribution is 2.28. The van der Waals surface area contributed by atoms with Crippen LogP contribution in [0.2, 0.25) is 0 Å². The van der Waals surface area contributed by atoms with Gasteiger partial charge in [0.15, 0.2) is 0 Å². The monoisotopic (exact) mass is 315 g/mol. The summed E-state index contributed by atoms with van der Waals surface area (Å²) < 4.78 is 0.103. The molecular weight excluding hydrogens is 306 g/mol. The number of hydrogen-bond acceptors (Lipinski definition) is 4. The fraction of sp³-hybridized carbons (Fsp3) is 0.200. The summed E-state index contributed by atoms with van der Waals surface area (Å²) in [5.41, 5.74) is 4.86. The van der Waals surface area contributed by atoms with Crippen molar-refractivity contribution in [1.82, 2.24) is 5.32 Å². The first-order valence-electron chi connectivity index (χ1n) is 4.93. The highest BCUT2D eigenvalue weighted by molar-refractivity contribution is 9.10. The zero-order chi connectivity index (χ0) is 13.7. The first-order chi connectivity index (χ1) is 8.43. The van der Waals surface area contributed by atoms with Crippen molar-refractivity contribution < 1.29 is 14.5 Å². The van der Waals surface area contributed by atoms with Crippen LogP contribution in [0.3, 0.4) is 0 Å². The molecule has 0 bridgehead atoms. The topological polar surface area (TPSA) is 115 Å². The summed E-state index contributed by atoms with van der Waals surface area (Å²) in [5, 5.41) is 13.1. The van der Waals surface area contributed by atoms with Crippen molar-refractivity contribution in [3.63, 3.8) is 0 Å². The highest BCUT2D eigenvalue weighted by atomic mass is 79.9. The summed E-state index contributed by atoms with van der Waals surface area (Å²) in [6, 6.07) is 4.13. The SMILES string of the molecule is NC(=O)CCNC(=O)c1cccc([N+](=O)[O-])c1Br. The van der Waals surface area contributed by atoms with E-state index in [1.165, 1.54) is 18.2 Å². The Hall–Kier alpha value is -1.96. The van der Waals surface area contributed by atoms with E-state index >= 15 is 0 Å². The molecule has 0 saturated heterocycles. The number of halogens is 1. The van der Waals surface area contributed by atoms with Crippen molar-refractivity contribution in [3.05, 3.63) is 38.3 Å². The van der Waals surface area contributed by atoms with Gasteiger partial charge in [0.25, 0.3) is 11.6 Å². The fourth-order valence-electron chi connectivity index (χ4n) is 1.23. The largest absolute Gasteiger partial charge is 0.370 e. The van der Waals surface area contributed by atoms with Gasteiger partial charge in [0.05, 0.1) is 10.5 Å². The van der Waals surface area contributed by atoms with E-state index in [-0.39, 0.29) is 28.7 Å². The van der Waals surface area contributed by atoms with Crippen LogP contribution in [0.4, 0.5) is 5.69 Å². The molecule has 96 valence electrons. The zero-order valence-electron chi connectivity index (χ0n) is 9.18. The minimum Gasteiger partial charge on any atom is -0.370 e. The second-order valence-corrected chi connectivity index (χ2v) is 4.16. The molecule has 1 aromatic carbocycles. The number of primary amides is 1. The smallest absolute Gasteiger partial charge is 0.284 e. The quantitative estimate of drug-likeness (QED) is 0.622. The Morgan fingerprint density at radius 3 is 2.67 bits per heavy atom. The van der Waals surface area contributed by atoms with E-state index in [1.54, 1.807) is 0 Å². The molecule has 0 radical (unpaired) electrons. The second-order valence-electron chi connectivity index (χ2n) is 3.37. The predicted octanol–water partition coefficient (Wildman–Crippen LogP) is 0.962. The van der Waals surface area contributed by atoms with Crippen LogP contribution in [0.15, 0.2) is 22.7 Å². The molecule has 7 nitrogen and oxygen atoms in total. The maximum Gasteiger partial charge on any atom is 0.284 e. The molecule has 18 heavy (non-hydrogen) atoms. The van der Waals surface area contributed by atoms with Crippen LogP contribution in [0.25, 0.3) is 0 Å². The van der Waals surface area contributed by atoms with E-state index < -0.39 is 16.7 Å². The van der Waals surface area contributed by atoms with Gasteiger partial charge in [-0.25, -0.2) is 0 Å². The van der Waals surface area contributed by atoms with Crippen LogP contribution < -0.4 is 11.1 Å². The molecule has 2 amide bonds. The van der Waals surface area contributed by atoms with Crippen LogP contribution in [0.5, 0.6) is 0 Å². The van der Waals surface area contributed by atoms with Crippen molar-refractivity contribution >= 4 is 33.4 Å². The Bertz CT molecular complexity index is 504. The van der Waals surface area contributed by atoms with Gasteiger partial charge in [-0.15, -0.1) is 0 Å². The number of nitrogens with zero attached hydrogens (tertiary/aromatic N) is 1. The molecule has 3 N–H and O–H groups in total. The first kappa shape index (κ1) is 14.1. The highest BCUT2D eigenvalue weighted by Gasteiger charge is 2.19. The maximum absolute atomic E-state index is 11.7. The minimum absolute atomic E-state index is 0.0122. The number of amides is 2. The summed E-state index contributed by atoms with van der Waals surface area (Å²) >= 11 is 3.01. The standard InChI is InChI=1S/C10H10BrN3O4/c11-9-6(2-1-3-7(9)14(17)18)10(16)13-5-4-8(12)15/h1-3H,4-5H2,(H2,12,15)(H,13,16). The van der Waals surface area contributed by atoms with Crippen LogP contribution in [0.1, 0.15) is 16.8 Å². The van der Waals surface area contributed by atoms with Gasteiger partial charge in [-0.2, -0.15) is 0 Å². The molecule has 0 aromatic heterocycles. The summed E-state index contributed by atoms with van der Waals surface area (Å²) in [6.45, 7) is 0.0866. The molecule has 0 aliphatic carbocycles. The molecule has 0 aliphatic rings. The number of nitrogens with one attached hydrogen (secondary N) is 1. The Morgan fingerprint density at radius 2 is 2.11 bits per heavy atom. The van der Waals surface area contributed by atoms with Crippen molar-refractivity contribution in [2.45, 2.75) is 6.42 Å². The van der Waals surface area contributed by atoms with Crippen molar-refractivity contribution in [2.75, 3.05) is 6.54 Å². The maximum atomic E-state index is 11.7. The first-order valence-corrected chi connectivity index (χ1v) is 5.72. The van der Waals surface area contributed by atoms with E-state index in [4.69, 9.17) is 5.73 Å². The molecule has 0 spiro atoms. The Labute approximate surface area is 111 Å². The van der Waals surface area contributed by atoms with E-state index in [0.717, 1.165) is 0 Å². The lowest BCUT2D eigenvalue weighted by Gasteiger charge is -2.05. The van der Waals surface area contributed by atoms with Crippen molar-refractivity contribution in [2.24, 2.45) is 5.73 Å². The minimum atomic E-state index is -0.593. The Balaban J connectivity index is 2.83. The lowest BCUT2D eigenvalue weighted by molar-refractivity contribution is -0.385. The third-order valence-electron chi connectivity index (χ3n) is 2.08. The van der Waals surface area contributed by atoms with Gasteiger partial charge >= 0.3 is 0 Å². The van der Waals surface area contributed by atoms with Crippen molar-refractivity contribution in [1.29, 1.82) is 0 Å². The number of carbonyl (C=O) groups is 2. The summed E-state index contributed by atoms with van der Waals surface area (Å²) in [4.78, 5) is 32.3. The lowest BCUT2D eigenvalue weighted by atomic mass is 10.2. The van der Waals surface area contributed by atoms with Crippen molar-refractivity contribution in [3.8, 4) is 0 Å². The third-order valence-corrected chi connectivity index (χ3v) is 2.91. The van der Waals surface area contributed by atoms with Gasteiger partial charge in [0.1, 0.15) is 4.47 Å². The zero-order valence-corrected chi connectivity index (χ0v) is 10.8.